The molecule has 0 radical (unpaired) electrons. The molecule has 1 aliphatic rings. The van der Waals surface area contributed by atoms with Gasteiger partial charge in [-0.3, -0.25) is 14.9 Å². The van der Waals surface area contributed by atoms with Crippen LogP contribution >= 0.6 is 0 Å². The Morgan fingerprint density at radius 1 is 1.43 bits per heavy atom. The average Bonchev–Trinajstić information content (AvgIpc) is 3.20. The molecule has 2 rings (SSSR count). The lowest BCUT2D eigenvalue weighted by atomic mass is 10.1. The van der Waals surface area contributed by atoms with Crippen molar-refractivity contribution in [2.45, 2.75) is 33.1 Å². The number of hydrogen-bond donors (Lipinski definition) is 2. The van der Waals surface area contributed by atoms with E-state index < -0.39 is 4.92 Å². The van der Waals surface area contributed by atoms with Gasteiger partial charge in [0.05, 0.1) is 4.92 Å². The maximum Gasteiger partial charge on any atom is 0.282 e. The third-order valence-corrected chi connectivity index (χ3v) is 3.80. The summed E-state index contributed by atoms with van der Waals surface area (Å²) < 4.78 is 0. The number of hydrogen-bond acceptors (Lipinski definition) is 4. The van der Waals surface area contributed by atoms with E-state index in [1.54, 1.807) is 12.1 Å². The number of benzene rings is 1. The normalized spacial score (nSPS) is 15.3. The van der Waals surface area contributed by atoms with Gasteiger partial charge in [0.25, 0.3) is 11.6 Å². The molecule has 0 aliphatic heterocycles. The van der Waals surface area contributed by atoms with Crippen LogP contribution in [0.4, 0.5) is 11.4 Å². The highest BCUT2D eigenvalue weighted by Gasteiger charge is 2.37. The van der Waals surface area contributed by atoms with E-state index in [-0.39, 0.29) is 22.6 Å². The van der Waals surface area contributed by atoms with Crippen molar-refractivity contribution >= 4 is 17.3 Å². The van der Waals surface area contributed by atoms with Crippen molar-refractivity contribution in [1.29, 1.82) is 0 Å². The first-order chi connectivity index (χ1) is 9.95. The second-order valence-corrected chi connectivity index (χ2v) is 5.91. The van der Waals surface area contributed by atoms with E-state index in [0.29, 0.717) is 6.54 Å². The Morgan fingerprint density at radius 2 is 2.14 bits per heavy atom. The molecule has 114 valence electrons. The smallest absolute Gasteiger partial charge is 0.282 e. The number of amides is 1. The second-order valence-electron chi connectivity index (χ2n) is 5.91. The van der Waals surface area contributed by atoms with E-state index in [0.717, 1.165) is 31.5 Å². The van der Waals surface area contributed by atoms with Gasteiger partial charge in [-0.05, 0) is 36.8 Å². The largest absolute Gasteiger partial charge is 0.385 e. The van der Waals surface area contributed by atoms with Crippen LogP contribution in [0.5, 0.6) is 0 Å². The molecule has 0 aromatic heterocycles. The van der Waals surface area contributed by atoms with Crippen molar-refractivity contribution in [3.8, 4) is 0 Å². The Bertz CT molecular complexity index is 553. The minimum Gasteiger partial charge on any atom is -0.385 e. The molecule has 6 nitrogen and oxygen atoms in total. The molecule has 1 aromatic rings. The van der Waals surface area contributed by atoms with E-state index in [1.165, 1.54) is 6.07 Å². The van der Waals surface area contributed by atoms with Crippen LogP contribution in [0.15, 0.2) is 18.2 Å². The molecule has 0 saturated heterocycles. The predicted molar refractivity (Wildman–Crippen MR) is 81.6 cm³/mol. The monoisotopic (exact) mass is 291 g/mol. The molecule has 1 saturated carbocycles. The fraction of sp³-hybridized carbons (Fsp3) is 0.533. The zero-order chi connectivity index (χ0) is 15.5. The zero-order valence-electron chi connectivity index (χ0n) is 12.4. The Morgan fingerprint density at radius 3 is 2.71 bits per heavy atom. The van der Waals surface area contributed by atoms with Gasteiger partial charge in [-0.2, -0.15) is 0 Å². The van der Waals surface area contributed by atoms with Crippen molar-refractivity contribution in [2.75, 3.05) is 18.4 Å². The summed E-state index contributed by atoms with van der Waals surface area (Å²) in [5.74, 6) is -0.380. The molecule has 0 bridgehead atoms. The number of nitrogens with one attached hydrogen (secondary N) is 2. The maximum absolute atomic E-state index is 12.2. The fourth-order valence-electron chi connectivity index (χ4n) is 2.04. The summed E-state index contributed by atoms with van der Waals surface area (Å²) >= 11 is 0. The third kappa shape index (κ3) is 3.93. The van der Waals surface area contributed by atoms with Crippen LogP contribution in [0.1, 0.15) is 43.5 Å². The first-order valence-electron chi connectivity index (χ1n) is 7.26. The van der Waals surface area contributed by atoms with Crippen LogP contribution < -0.4 is 10.6 Å². The van der Waals surface area contributed by atoms with Crippen LogP contribution in [0, 0.1) is 15.5 Å². The van der Waals surface area contributed by atoms with Crippen molar-refractivity contribution in [3.05, 3.63) is 33.9 Å². The summed E-state index contributed by atoms with van der Waals surface area (Å²) in [7, 11) is 0. The van der Waals surface area contributed by atoms with E-state index in [9.17, 15) is 14.9 Å². The van der Waals surface area contributed by atoms with Crippen LogP contribution in [0.25, 0.3) is 0 Å². The topological polar surface area (TPSA) is 84.3 Å². The van der Waals surface area contributed by atoms with E-state index in [4.69, 9.17) is 0 Å². The van der Waals surface area contributed by atoms with Gasteiger partial charge in [0.2, 0.25) is 0 Å². The molecule has 21 heavy (non-hydrogen) atoms. The Kier molecular flexibility index (Phi) is 4.45. The van der Waals surface area contributed by atoms with Gasteiger partial charge >= 0.3 is 0 Å². The Hall–Kier alpha value is -2.11. The fourth-order valence-corrected chi connectivity index (χ4v) is 2.04. The molecule has 1 aliphatic carbocycles. The predicted octanol–water partition coefficient (Wildman–Crippen LogP) is 2.95. The van der Waals surface area contributed by atoms with Gasteiger partial charge < -0.3 is 10.6 Å². The lowest BCUT2D eigenvalue weighted by Crippen LogP contribution is -2.29. The van der Waals surface area contributed by atoms with Crippen molar-refractivity contribution in [2.24, 2.45) is 5.41 Å². The first-order valence-corrected chi connectivity index (χ1v) is 7.26. The molecule has 1 fully saturated rings. The minimum atomic E-state index is -0.517. The van der Waals surface area contributed by atoms with Gasteiger partial charge in [-0.15, -0.1) is 0 Å². The molecule has 0 spiro atoms. The molecular formula is C15H21N3O3. The van der Waals surface area contributed by atoms with E-state index in [1.807, 2.05) is 6.92 Å². The Balaban J connectivity index is 2.16. The lowest BCUT2D eigenvalue weighted by Gasteiger charge is -2.11. The van der Waals surface area contributed by atoms with Gasteiger partial charge in [0.1, 0.15) is 5.56 Å². The van der Waals surface area contributed by atoms with Gasteiger partial charge in [-0.25, -0.2) is 0 Å². The summed E-state index contributed by atoms with van der Waals surface area (Å²) in [6.07, 6.45) is 3.12. The van der Waals surface area contributed by atoms with Crippen LogP contribution in [0.3, 0.4) is 0 Å². The van der Waals surface area contributed by atoms with Crippen molar-refractivity contribution in [1.82, 2.24) is 5.32 Å². The van der Waals surface area contributed by atoms with E-state index >= 15 is 0 Å². The number of carbonyl (C=O) groups excluding carboxylic acids is 1. The highest BCUT2D eigenvalue weighted by molar-refractivity contribution is 5.99. The molecular weight excluding hydrogens is 270 g/mol. The maximum atomic E-state index is 12.2. The van der Waals surface area contributed by atoms with Gasteiger partial charge in [-0.1, -0.05) is 13.8 Å². The SMILES string of the molecule is CCCNc1ccc([N+](=O)[O-])c(C(=O)NCC2(C)CC2)c1. The number of nitro groups is 1. The van der Waals surface area contributed by atoms with Crippen LogP contribution in [-0.4, -0.2) is 23.9 Å². The second kappa shape index (κ2) is 6.11. The number of carbonyl (C=O) groups is 1. The van der Waals surface area contributed by atoms with Crippen LogP contribution in [0.2, 0.25) is 0 Å². The van der Waals surface area contributed by atoms with Gasteiger partial charge in [0.15, 0.2) is 0 Å². The summed E-state index contributed by atoms with van der Waals surface area (Å²) in [4.78, 5) is 22.8. The number of rotatable bonds is 7. The molecule has 0 unspecified atom stereocenters. The van der Waals surface area contributed by atoms with E-state index in [2.05, 4.69) is 17.6 Å². The van der Waals surface area contributed by atoms with Gasteiger partial charge in [0, 0.05) is 24.8 Å². The van der Waals surface area contributed by atoms with Crippen LogP contribution in [-0.2, 0) is 0 Å². The molecule has 1 amide bonds. The standard InChI is InChI=1S/C15H21N3O3/c1-3-8-16-11-4-5-13(18(20)21)12(9-11)14(19)17-10-15(2)6-7-15/h4-5,9,16H,3,6-8,10H2,1-2H3,(H,17,19). The number of anilines is 1. The summed E-state index contributed by atoms with van der Waals surface area (Å²) in [6.45, 7) is 5.45. The lowest BCUT2D eigenvalue weighted by molar-refractivity contribution is -0.385. The minimum absolute atomic E-state index is 0.116. The third-order valence-electron chi connectivity index (χ3n) is 3.80. The highest BCUT2D eigenvalue weighted by atomic mass is 16.6. The highest BCUT2D eigenvalue weighted by Crippen LogP contribution is 2.44. The molecule has 1 aromatic carbocycles. The summed E-state index contributed by atoms with van der Waals surface area (Å²) in [5.41, 5.74) is 0.855. The Labute approximate surface area is 124 Å². The average molecular weight is 291 g/mol. The molecule has 2 N–H and O–H groups in total. The van der Waals surface area contributed by atoms with Crippen molar-refractivity contribution in [3.63, 3.8) is 0 Å². The van der Waals surface area contributed by atoms with Crippen molar-refractivity contribution < 1.29 is 9.72 Å². The number of nitrogens with zero attached hydrogens (tertiary/aromatic N) is 1. The molecule has 0 heterocycles. The molecule has 0 atom stereocenters. The summed E-state index contributed by atoms with van der Waals surface area (Å²) in [5, 5.41) is 17.0. The first kappa shape index (κ1) is 15.3. The summed E-state index contributed by atoms with van der Waals surface area (Å²) in [6, 6.07) is 4.57. The number of nitro benzene ring substituents is 1. The zero-order valence-corrected chi connectivity index (χ0v) is 12.4. The quantitative estimate of drug-likeness (QED) is 0.597. The molecule has 6 heteroatoms.